The summed E-state index contributed by atoms with van der Waals surface area (Å²) in [4.78, 5) is 0. The normalized spacial score (nSPS) is 12.2. The number of methoxy groups -OCH3 is 1. The average Bonchev–Trinajstić information content (AvgIpc) is 2.43. The van der Waals surface area contributed by atoms with Gasteiger partial charge in [-0.1, -0.05) is 28.1 Å². The molecule has 0 radical (unpaired) electrons. The molecule has 0 amide bonds. The number of rotatable bonds is 4. The largest absolute Gasteiger partial charge is 0.497 e. The maximum atomic E-state index is 13.2. The van der Waals surface area contributed by atoms with Crippen molar-refractivity contribution in [1.82, 2.24) is 5.32 Å². The van der Waals surface area contributed by atoms with Crippen LogP contribution in [0.3, 0.4) is 0 Å². The molecule has 0 spiro atoms. The lowest BCUT2D eigenvalue weighted by atomic mass is 9.99. The van der Waals surface area contributed by atoms with Crippen molar-refractivity contribution in [2.24, 2.45) is 0 Å². The van der Waals surface area contributed by atoms with Crippen molar-refractivity contribution in [3.63, 3.8) is 0 Å². The van der Waals surface area contributed by atoms with Crippen molar-refractivity contribution in [3.05, 3.63) is 61.4 Å². The summed E-state index contributed by atoms with van der Waals surface area (Å²) in [5.41, 5.74) is 2.12. The third-order valence-corrected chi connectivity index (χ3v) is 4.70. The van der Waals surface area contributed by atoms with Crippen LogP contribution in [0.5, 0.6) is 5.75 Å². The van der Waals surface area contributed by atoms with Gasteiger partial charge in [0, 0.05) is 8.04 Å². The van der Waals surface area contributed by atoms with Crippen LogP contribution >= 0.6 is 38.5 Å². The first-order valence-corrected chi connectivity index (χ1v) is 7.89. The first-order valence-electron chi connectivity index (χ1n) is 6.02. The monoisotopic (exact) mass is 449 g/mol. The topological polar surface area (TPSA) is 21.3 Å². The maximum Gasteiger partial charge on any atom is 0.124 e. The van der Waals surface area contributed by atoms with Gasteiger partial charge in [-0.25, -0.2) is 4.39 Å². The van der Waals surface area contributed by atoms with Gasteiger partial charge in [0.25, 0.3) is 0 Å². The summed E-state index contributed by atoms with van der Waals surface area (Å²) < 4.78 is 20.3. The van der Waals surface area contributed by atoms with Crippen molar-refractivity contribution in [2.75, 3.05) is 14.2 Å². The quantitative estimate of drug-likeness (QED) is 0.693. The first-order chi connectivity index (χ1) is 9.56. The molecule has 1 N–H and O–H groups in total. The highest BCUT2D eigenvalue weighted by atomic mass is 127. The fourth-order valence-corrected chi connectivity index (χ4v) is 3.46. The zero-order chi connectivity index (χ0) is 14.7. The zero-order valence-electron chi connectivity index (χ0n) is 11.1. The summed E-state index contributed by atoms with van der Waals surface area (Å²) in [6.07, 6.45) is 0. The van der Waals surface area contributed by atoms with Crippen LogP contribution in [0.2, 0.25) is 0 Å². The number of ether oxygens (including phenoxy) is 1. The van der Waals surface area contributed by atoms with Crippen LogP contribution in [0.1, 0.15) is 17.2 Å². The molecular weight excluding hydrogens is 436 g/mol. The van der Waals surface area contributed by atoms with Gasteiger partial charge in [-0.3, -0.25) is 0 Å². The fraction of sp³-hybridized carbons (Fsp3) is 0.200. The van der Waals surface area contributed by atoms with Gasteiger partial charge in [0.1, 0.15) is 11.6 Å². The Labute approximate surface area is 140 Å². The highest BCUT2D eigenvalue weighted by Gasteiger charge is 2.18. The average molecular weight is 450 g/mol. The Kier molecular flexibility index (Phi) is 5.40. The molecule has 0 aliphatic carbocycles. The van der Waals surface area contributed by atoms with E-state index in [-0.39, 0.29) is 11.9 Å². The van der Waals surface area contributed by atoms with Gasteiger partial charge in [0.15, 0.2) is 0 Å². The van der Waals surface area contributed by atoms with E-state index in [1.54, 1.807) is 7.11 Å². The van der Waals surface area contributed by atoms with Crippen molar-refractivity contribution in [3.8, 4) is 5.75 Å². The molecule has 1 atom stereocenters. The Hall–Kier alpha value is -0.660. The summed E-state index contributed by atoms with van der Waals surface area (Å²) in [5, 5.41) is 3.28. The summed E-state index contributed by atoms with van der Waals surface area (Å²) in [6, 6.07) is 10.7. The van der Waals surface area contributed by atoms with E-state index in [1.807, 2.05) is 31.3 Å². The maximum absolute atomic E-state index is 13.2. The van der Waals surface area contributed by atoms with Crippen LogP contribution in [0, 0.1) is 9.39 Å². The van der Waals surface area contributed by atoms with Gasteiger partial charge >= 0.3 is 0 Å². The van der Waals surface area contributed by atoms with E-state index >= 15 is 0 Å². The van der Waals surface area contributed by atoms with E-state index in [9.17, 15) is 4.39 Å². The van der Waals surface area contributed by atoms with Crippen LogP contribution in [0.15, 0.2) is 40.9 Å². The number of hydrogen-bond acceptors (Lipinski definition) is 2. The van der Waals surface area contributed by atoms with Gasteiger partial charge in [-0.05, 0) is 65.0 Å². The van der Waals surface area contributed by atoms with Crippen LogP contribution in [-0.4, -0.2) is 14.2 Å². The van der Waals surface area contributed by atoms with Crippen molar-refractivity contribution < 1.29 is 9.13 Å². The van der Waals surface area contributed by atoms with E-state index in [4.69, 9.17) is 4.74 Å². The molecule has 0 aromatic heterocycles. The number of hydrogen-bond donors (Lipinski definition) is 1. The van der Waals surface area contributed by atoms with Gasteiger partial charge in [-0.2, -0.15) is 0 Å². The van der Waals surface area contributed by atoms with Crippen LogP contribution in [0.4, 0.5) is 4.39 Å². The molecule has 1 unspecified atom stereocenters. The van der Waals surface area contributed by atoms with Gasteiger partial charge in [0.2, 0.25) is 0 Å². The number of halogens is 3. The predicted molar refractivity (Wildman–Crippen MR) is 90.7 cm³/mol. The molecule has 0 aliphatic rings. The highest BCUT2D eigenvalue weighted by Crippen LogP contribution is 2.33. The summed E-state index contributed by atoms with van der Waals surface area (Å²) >= 11 is 5.73. The molecule has 0 heterocycles. The summed E-state index contributed by atoms with van der Waals surface area (Å²) in [7, 11) is 3.53. The molecule has 20 heavy (non-hydrogen) atoms. The Morgan fingerprint density at radius 1 is 1.20 bits per heavy atom. The number of benzene rings is 2. The van der Waals surface area contributed by atoms with Crippen LogP contribution in [-0.2, 0) is 0 Å². The molecular formula is C15H14BrFINO. The van der Waals surface area contributed by atoms with E-state index in [0.29, 0.717) is 0 Å². The van der Waals surface area contributed by atoms with E-state index in [1.165, 1.54) is 12.1 Å². The lowest BCUT2D eigenvalue weighted by Gasteiger charge is -2.20. The summed E-state index contributed by atoms with van der Waals surface area (Å²) in [5.74, 6) is 0.575. The second-order valence-corrected chi connectivity index (χ2v) is 6.29. The minimum absolute atomic E-state index is 0.0113. The molecule has 0 saturated carbocycles. The Balaban J connectivity index is 2.47. The third kappa shape index (κ3) is 3.32. The fourth-order valence-electron chi connectivity index (χ4n) is 2.08. The van der Waals surface area contributed by atoms with Gasteiger partial charge in [0.05, 0.1) is 13.2 Å². The molecule has 5 heteroatoms. The Bertz CT molecular complexity index is 621. The van der Waals surface area contributed by atoms with Crippen molar-refractivity contribution >= 4 is 38.5 Å². The molecule has 0 saturated heterocycles. The van der Waals surface area contributed by atoms with E-state index < -0.39 is 0 Å². The van der Waals surface area contributed by atoms with Gasteiger partial charge in [-0.15, -0.1) is 0 Å². The molecule has 2 nitrogen and oxygen atoms in total. The van der Waals surface area contributed by atoms with E-state index in [2.05, 4.69) is 43.8 Å². The summed E-state index contributed by atoms with van der Waals surface area (Å²) in [6.45, 7) is 0. The molecule has 0 fully saturated rings. The SMILES string of the molecule is CNC(c1ccc(OC)cc1Br)c1ccc(F)cc1I. The highest BCUT2D eigenvalue weighted by molar-refractivity contribution is 14.1. The smallest absolute Gasteiger partial charge is 0.124 e. The molecule has 106 valence electrons. The minimum atomic E-state index is -0.221. The van der Waals surface area contributed by atoms with Crippen molar-refractivity contribution in [2.45, 2.75) is 6.04 Å². The van der Waals surface area contributed by atoms with Crippen molar-refractivity contribution in [1.29, 1.82) is 0 Å². The Morgan fingerprint density at radius 3 is 2.45 bits per heavy atom. The van der Waals surface area contributed by atoms with Crippen LogP contribution < -0.4 is 10.1 Å². The third-order valence-electron chi connectivity index (χ3n) is 3.08. The molecule has 2 aromatic rings. The minimum Gasteiger partial charge on any atom is -0.497 e. The molecule has 0 aliphatic heterocycles. The predicted octanol–water partition coefficient (Wildman–Crippen LogP) is 4.51. The second kappa shape index (κ2) is 6.87. The molecule has 0 bridgehead atoms. The molecule has 2 aromatic carbocycles. The van der Waals surface area contributed by atoms with Crippen LogP contribution in [0.25, 0.3) is 0 Å². The zero-order valence-corrected chi connectivity index (χ0v) is 14.8. The lowest BCUT2D eigenvalue weighted by Crippen LogP contribution is -2.19. The standard InChI is InChI=1S/C15H14BrFINO/c1-19-15(12-5-3-9(17)7-14(12)18)11-6-4-10(20-2)8-13(11)16/h3-8,15,19H,1-2H3. The lowest BCUT2D eigenvalue weighted by molar-refractivity contribution is 0.414. The van der Waals surface area contributed by atoms with Gasteiger partial charge < -0.3 is 10.1 Å². The first kappa shape index (κ1) is 15.7. The van der Waals surface area contributed by atoms with E-state index in [0.717, 1.165) is 24.9 Å². The second-order valence-electron chi connectivity index (χ2n) is 4.27. The number of nitrogens with one attached hydrogen (secondary N) is 1. The Morgan fingerprint density at radius 2 is 1.90 bits per heavy atom. The molecule has 2 rings (SSSR count).